The van der Waals surface area contributed by atoms with Crippen LogP contribution in [-0.2, 0) is 17.5 Å². The van der Waals surface area contributed by atoms with Crippen molar-refractivity contribution in [1.29, 1.82) is 0 Å². The fourth-order valence-electron chi connectivity index (χ4n) is 2.11. The Morgan fingerprint density at radius 1 is 1.28 bits per heavy atom. The molecular formula is C15H15BrF3N3O3. The van der Waals surface area contributed by atoms with Gasteiger partial charge in [0.15, 0.2) is 17.2 Å². The minimum Gasteiger partial charge on any atom is -0.493 e. The molecule has 0 bridgehead atoms. The first-order chi connectivity index (χ1) is 11.7. The standard InChI is InChI=1S/C15H15BrF3N3O3/c1-8-13(16)14(15(17,18)19)21-22(8)7-12(23)20-9-4-5-10(24-2)11(6-9)25-3/h4-6H,7H2,1-3H3,(H,20,23). The van der Waals surface area contributed by atoms with E-state index in [1.165, 1.54) is 21.1 Å². The van der Waals surface area contributed by atoms with E-state index in [9.17, 15) is 18.0 Å². The monoisotopic (exact) mass is 421 g/mol. The van der Waals surface area contributed by atoms with Crippen molar-refractivity contribution in [2.45, 2.75) is 19.6 Å². The maximum atomic E-state index is 12.8. The van der Waals surface area contributed by atoms with Crippen molar-refractivity contribution in [3.63, 3.8) is 0 Å². The summed E-state index contributed by atoms with van der Waals surface area (Å²) in [6.45, 7) is 1.07. The molecule has 0 fully saturated rings. The first-order valence-electron chi connectivity index (χ1n) is 6.99. The average Bonchev–Trinajstić information content (AvgIpc) is 2.83. The lowest BCUT2D eigenvalue weighted by Gasteiger charge is -2.11. The lowest BCUT2D eigenvalue weighted by molar-refractivity contribution is -0.142. The molecule has 0 saturated heterocycles. The summed E-state index contributed by atoms with van der Waals surface area (Å²) in [5, 5.41) is 6.04. The van der Waals surface area contributed by atoms with Crippen LogP contribution >= 0.6 is 15.9 Å². The van der Waals surface area contributed by atoms with Gasteiger partial charge in [-0.2, -0.15) is 18.3 Å². The number of aromatic nitrogens is 2. The molecule has 0 radical (unpaired) electrons. The third-order valence-corrected chi connectivity index (χ3v) is 4.31. The minimum absolute atomic E-state index is 0.182. The molecule has 0 aliphatic rings. The van der Waals surface area contributed by atoms with Crippen molar-refractivity contribution >= 4 is 27.5 Å². The van der Waals surface area contributed by atoms with Crippen molar-refractivity contribution < 1.29 is 27.4 Å². The molecule has 2 rings (SSSR count). The number of carbonyl (C=O) groups excluding carboxylic acids is 1. The summed E-state index contributed by atoms with van der Waals surface area (Å²) in [4.78, 5) is 12.1. The van der Waals surface area contributed by atoms with Crippen molar-refractivity contribution in [1.82, 2.24) is 9.78 Å². The third-order valence-electron chi connectivity index (χ3n) is 3.36. The number of hydrogen-bond donors (Lipinski definition) is 1. The highest BCUT2D eigenvalue weighted by atomic mass is 79.9. The van der Waals surface area contributed by atoms with Crippen LogP contribution in [0, 0.1) is 6.92 Å². The highest BCUT2D eigenvalue weighted by Gasteiger charge is 2.38. The van der Waals surface area contributed by atoms with Crippen LogP contribution in [-0.4, -0.2) is 29.9 Å². The van der Waals surface area contributed by atoms with Crippen LogP contribution in [0.15, 0.2) is 22.7 Å². The fraction of sp³-hybridized carbons (Fsp3) is 0.333. The van der Waals surface area contributed by atoms with Crippen LogP contribution in [0.25, 0.3) is 0 Å². The van der Waals surface area contributed by atoms with E-state index in [1.54, 1.807) is 18.2 Å². The van der Waals surface area contributed by atoms with Gasteiger partial charge in [0.25, 0.3) is 0 Å². The van der Waals surface area contributed by atoms with E-state index in [0.29, 0.717) is 17.2 Å². The van der Waals surface area contributed by atoms with Gasteiger partial charge < -0.3 is 14.8 Å². The lowest BCUT2D eigenvalue weighted by atomic mass is 10.2. The predicted octanol–water partition coefficient (Wildman–Crippen LogP) is 3.63. The van der Waals surface area contributed by atoms with Gasteiger partial charge in [-0.15, -0.1) is 0 Å². The Morgan fingerprint density at radius 3 is 2.44 bits per heavy atom. The molecule has 0 spiro atoms. The summed E-state index contributed by atoms with van der Waals surface area (Å²) in [5.74, 6) is 0.374. The normalized spacial score (nSPS) is 11.3. The SMILES string of the molecule is COc1ccc(NC(=O)Cn2nc(C(F)(F)F)c(Br)c2C)cc1OC. The van der Waals surface area contributed by atoms with E-state index < -0.39 is 17.8 Å². The molecule has 1 aromatic carbocycles. The van der Waals surface area contributed by atoms with Crippen molar-refractivity contribution in [2.75, 3.05) is 19.5 Å². The van der Waals surface area contributed by atoms with Gasteiger partial charge in [-0.25, -0.2) is 0 Å². The Labute approximate surface area is 150 Å². The number of anilines is 1. The number of nitrogens with zero attached hydrogens (tertiary/aromatic N) is 2. The zero-order valence-electron chi connectivity index (χ0n) is 13.6. The number of alkyl halides is 3. The number of ether oxygens (including phenoxy) is 2. The second kappa shape index (κ2) is 7.34. The largest absolute Gasteiger partial charge is 0.493 e. The smallest absolute Gasteiger partial charge is 0.436 e. The number of nitrogens with one attached hydrogen (secondary N) is 1. The van der Waals surface area contributed by atoms with Crippen LogP contribution in [0.5, 0.6) is 11.5 Å². The molecule has 0 unspecified atom stereocenters. The molecule has 2 aromatic rings. The van der Waals surface area contributed by atoms with Crippen molar-refractivity contribution in [3.8, 4) is 11.5 Å². The molecule has 0 aliphatic heterocycles. The molecule has 6 nitrogen and oxygen atoms in total. The predicted molar refractivity (Wildman–Crippen MR) is 87.8 cm³/mol. The fourth-order valence-corrected chi connectivity index (χ4v) is 2.62. The highest BCUT2D eigenvalue weighted by molar-refractivity contribution is 9.10. The van der Waals surface area contributed by atoms with Gasteiger partial charge in [-0.05, 0) is 35.0 Å². The van der Waals surface area contributed by atoms with E-state index in [2.05, 4.69) is 26.3 Å². The van der Waals surface area contributed by atoms with Crippen LogP contribution in [0.3, 0.4) is 0 Å². The second-order valence-electron chi connectivity index (χ2n) is 5.02. The number of carbonyl (C=O) groups is 1. The van der Waals surface area contributed by atoms with E-state index in [1.807, 2.05) is 0 Å². The van der Waals surface area contributed by atoms with E-state index in [4.69, 9.17) is 9.47 Å². The molecule has 1 N–H and O–H groups in total. The van der Waals surface area contributed by atoms with Gasteiger partial charge in [0, 0.05) is 11.8 Å². The Bertz CT molecular complexity index is 790. The quantitative estimate of drug-likeness (QED) is 0.800. The molecule has 10 heteroatoms. The van der Waals surface area contributed by atoms with Crippen molar-refractivity contribution in [3.05, 3.63) is 34.1 Å². The molecule has 0 saturated carbocycles. The summed E-state index contributed by atoms with van der Waals surface area (Å²) < 4.78 is 49.6. The maximum absolute atomic E-state index is 12.8. The first kappa shape index (κ1) is 19.1. The van der Waals surface area contributed by atoms with Crippen LogP contribution < -0.4 is 14.8 Å². The van der Waals surface area contributed by atoms with Crippen molar-refractivity contribution in [2.24, 2.45) is 0 Å². The molecule has 0 atom stereocenters. The van der Waals surface area contributed by atoms with Gasteiger partial charge >= 0.3 is 6.18 Å². The van der Waals surface area contributed by atoms with Crippen LogP contribution in [0.4, 0.5) is 18.9 Å². The van der Waals surface area contributed by atoms with Crippen LogP contribution in [0.1, 0.15) is 11.4 Å². The first-order valence-corrected chi connectivity index (χ1v) is 7.78. The van der Waals surface area contributed by atoms with Gasteiger partial charge in [-0.1, -0.05) is 0 Å². The zero-order chi connectivity index (χ0) is 18.8. The summed E-state index contributed by atoms with van der Waals surface area (Å²) in [5.41, 5.74) is -0.443. The van der Waals surface area contributed by atoms with Gasteiger partial charge in [0.2, 0.25) is 5.91 Å². The number of hydrogen-bond acceptors (Lipinski definition) is 4. The number of amides is 1. The van der Waals surface area contributed by atoms with Crippen LogP contribution in [0.2, 0.25) is 0 Å². The van der Waals surface area contributed by atoms with Gasteiger partial charge in [0.1, 0.15) is 6.54 Å². The molecule has 0 aliphatic carbocycles. The minimum atomic E-state index is -4.60. The third kappa shape index (κ3) is 4.25. The Kier molecular flexibility index (Phi) is 5.61. The van der Waals surface area contributed by atoms with E-state index >= 15 is 0 Å². The average molecular weight is 422 g/mol. The molecule has 1 heterocycles. The summed E-state index contributed by atoms with van der Waals surface area (Å²) in [7, 11) is 2.93. The number of methoxy groups -OCH3 is 2. The Hall–Kier alpha value is -2.23. The molecule has 1 aromatic heterocycles. The summed E-state index contributed by atoms with van der Waals surface area (Å²) in [6, 6.07) is 4.74. The Balaban J connectivity index is 2.16. The number of benzene rings is 1. The molecule has 1 amide bonds. The van der Waals surface area contributed by atoms with Gasteiger partial charge in [-0.3, -0.25) is 9.48 Å². The van der Waals surface area contributed by atoms with E-state index in [-0.39, 0.29) is 16.7 Å². The topological polar surface area (TPSA) is 65.4 Å². The molecule has 25 heavy (non-hydrogen) atoms. The second-order valence-corrected chi connectivity index (χ2v) is 5.81. The van der Waals surface area contributed by atoms with E-state index in [0.717, 1.165) is 4.68 Å². The number of halogens is 4. The number of rotatable bonds is 5. The highest BCUT2D eigenvalue weighted by Crippen LogP contribution is 2.35. The summed E-state index contributed by atoms with van der Waals surface area (Å²) >= 11 is 2.86. The molecular weight excluding hydrogens is 407 g/mol. The maximum Gasteiger partial charge on any atom is 0.436 e. The molecule has 136 valence electrons. The zero-order valence-corrected chi connectivity index (χ0v) is 15.2. The summed E-state index contributed by atoms with van der Waals surface area (Å²) in [6.07, 6.45) is -4.60. The van der Waals surface area contributed by atoms with Gasteiger partial charge in [0.05, 0.1) is 24.4 Å². The Morgan fingerprint density at radius 2 is 1.92 bits per heavy atom. The lowest BCUT2D eigenvalue weighted by Crippen LogP contribution is -2.20.